The van der Waals surface area contributed by atoms with Gasteiger partial charge >= 0.3 is 0 Å². The van der Waals surface area contributed by atoms with E-state index in [2.05, 4.69) is 25.3 Å². The lowest BCUT2D eigenvalue weighted by Crippen LogP contribution is -2.15. The van der Waals surface area contributed by atoms with Crippen LogP contribution in [0.15, 0.2) is 34.2 Å². The molecule has 0 aromatic carbocycles. The molecule has 146 valence electrons. The molecule has 4 rings (SSSR count). The third-order valence-electron chi connectivity index (χ3n) is 4.44. The Balaban J connectivity index is 1.31. The van der Waals surface area contributed by atoms with Crippen molar-refractivity contribution in [2.24, 2.45) is 5.73 Å². The average molecular weight is 399 g/mol. The van der Waals surface area contributed by atoms with E-state index in [1.54, 1.807) is 24.2 Å². The van der Waals surface area contributed by atoms with Crippen molar-refractivity contribution < 1.29 is 9.32 Å². The monoisotopic (exact) mass is 399 g/mol. The van der Waals surface area contributed by atoms with Crippen LogP contribution in [-0.2, 0) is 17.8 Å². The maximum absolute atomic E-state index is 11.2. The number of thioether (sulfide) groups is 1. The summed E-state index contributed by atoms with van der Waals surface area (Å²) in [5.74, 6) is 3.16. The van der Waals surface area contributed by atoms with Crippen molar-refractivity contribution in [3.8, 4) is 11.4 Å². The number of aryl methyl sites for hydroxylation is 1. The van der Waals surface area contributed by atoms with Gasteiger partial charge in [-0.2, -0.15) is 4.98 Å². The van der Waals surface area contributed by atoms with Gasteiger partial charge in [0.2, 0.25) is 17.6 Å². The fourth-order valence-corrected chi connectivity index (χ4v) is 3.75. The Hall–Kier alpha value is -2.75. The van der Waals surface area contributed by atoms with Gasteiger partial charge in [0.25, 0.3) is 0 Å². The second-order valence-corrected chi connectivity index (χ2v) is 7.74. The molecule has 28 heavy (non-hydrogen) atoms. The van der Waals surface area contributed by atoms with Crippen molar-refractivity contribution in [3.05, 3.63) is 36.2 Å². The number of carbonyl (C=O) groups is 1. The second kappa shape index (κ2) is 8.51. The highest BCUT2D eigenvalue weighted by Gasteiger charge is 2.30. The van der Waals surface area contributed by atoms with E-state index in [0.29, 0.717) is 37.0 Å². The Morgan fingerprint density at radius 1 is 1.29 bits per heavy atom. The average Bonchev–Trinajstić information content (AvgIpc) is 3.30. The third-order valence-corrected chi connectivity index (χ3v) is 5.50. The summed E-state index contributed by atoms with van der Waals surface area (Å²) in [4.78, 5) is 19.6. The Bertz CT molecular complexity index is 937. The molecule has 0 bridgehead atoms. The summed E-state index contributed by atoms with van der Waals surface area (Å²) in [7, 11) is 0. The van der Waals surface area contributed by atoms with E-state index in [1.807, 2.05) is 16.7 Å². The van der Waals surface area contributed by atoms with E-state index in [4.69, 9.17) is 10.3 Å². The second-order valence-electron chi connectivity index (χ2n) is 6.68. The van der Waals surface area contributed by atoms with Gasteiger partial charge in [-0.15, -0.1) is 10.2 Å². The Morgan fingerprint density at radius 2 is 2.11 bits per heavy atom. The van der Waals surface area contributed by atoms with Crippen LogP contribution in [0.4, 0.5) is 0 Å². The van der Waals surface area contributed by atoms with Gasteiger partial charge in [0.1, 0.15) is 5.82 Å². The lowest BCUT2D eigenvalue weighted by atomic mass is 10.2. The first-order valence-corrected chi connectivity index (χ1v) is 10.3. The van der Waals surface area contributed by atoms with E-state index < -0.39 is 0 Å². The van der Waals surface area contributed by atoms with E-state index in [1.165, 1.54) is 0 Å². The minimum atomic E-state index is -0.312. The van der Waals surface area contributed by atoms with E-state index in [-0.39, 0.29) is 5.91 Å². The Morgan fingerprint density at radius 3 is 2.86 bits per heavy atom. The number of aromatic nitrogens is 6. The first kappa shape index (κ1) is 18.6. The molecule has 9 nitrogen and oxygen atoms in total. The molecule has 1 aliphatic rings. The van der Waals surface area contributed by atoms with Crippen LogP contribution in [-0.4, -0.2) is 41.5 Å². The maximum Gasteiger partial charge on any atom is 0.226 e. The van der Waals surface area contributed by atoms with Crippen LogP contribution in [0.25, 0.3) is 11.4 Å². The number of carbonyl (C=O) groups excluding carboxylic acids is 1. The van der Waals surface area contributed by atoms with Gasteiger partial charge in [-0.05, 0) is 31.4 Å². The number of hydrogen-bond acceptors (Lipinski definition) is 8. The fourth-order valence-electron chi connectivity index (χ4n) is 2.84. The number of rotatable bonds is 10. The van der Waals surface area contributed by atoms with Crippen molar-refractivity contribution in [1.29, 1.82) is 0 Å². The first-order chi connectivity index (χ1) is 13.7. The summed E-state index contributed by atoms with van der Waals surface area (Å²) >= 11 is 1.63. The summed E-state index contributed by atoms with van der Waals surface area (Å²) in [5, 5.41) is 13.5. The minimum absolute atomic E-state index is 0.297. The van der Waals surface area contributed by atoms with Gasteiger partial charge in [0, 0.05) is 49.0 Å². The maximum atomic E-state index is 11.2. The number of nitrogens with two attached hydrogens (primary N) is 1. The summed E-state index contributed by atoms with van der Waals surface area (Å²) in [6.45, 7) is 0.537. The van der Waals surface area contributed by atoms with Crippen LogP contribution in [0, 0.1) is 0 Å². The van der Waals surface area contributed by atoms with Gasteiger partial charge in [-0.25, -0.2) is 0 Å². The molecule has 1 fully saturated rings. The molecule has 1 amide bonds. The highest BCUT2D eigenvalue weighted by atomic mass is 32.2. The molecule has 0 atom stereocenters. The van der Waals surface area contributed by atoms with Crippen molar-refractivity contribution in [1.82, 2.24) is 29.9 Å². The molecule has 0 spiro atoms. The minimum Gasteiger partial charge on any atom is -0.370 e. The standard InChI is InChI=1S/C18H21N7O2S/c19-14(26)7-10-25-17(13-3-4-13)22-23-18(25)28-11-1-2-15-21-16(24-27-15)12-5-8-20-9-6-12/h5-6,8-9,13H,1-4,7,10-11H2,(H2,19,26). The summed E-state index contributed by atoms with van der Waals surface area (Å²) in [5.41, 5.74) is 6.19. The molecule has 3 heterocycles. The van der Waals surface area contributed by atoms with Gasteiger partial charge < -0.3 is 14.8 Å². The Labute approximate surface area is 166 Å². The molecular weight excluding hydrogens is 378 g/mol. The smallest absolute Gasteiger partial charge is 0.226 e. The quantitative estimate of drug-likeness (QED) is 0.406. The first-order valence-electron chi connectivity index (χ1n) is 9.28. The zero-order valence-electron chi connectivity index (χ0n) is 15.3. The number of primary amides is 1. The normalized spacial score (nSPS) is 13.7. The molecule has 0 unspecified atom stereocenters. The molecule has 2 N–H and O–H groups in total. The van der Waals surface area contributed by atoms with Crippen molar-refractivity contribution in [2.45, 2.75) is 49.7 Å². The van der Waals surface area contributed by atoms with Gasteiger partial charge in [0.05, 0.1) is 0 Å². The molecule has 3 aromatic heterocycles. The predicted octanol–water partition coefficient (Wildman–Crippen LogP) is 2.20. The van der Waals surface area contributed by atoms with Crippen LogP contribution >= 0.6 is 11.8 Å². The molecule has 3 aromatic rings. The largest absolute Gasteiger partial charge is 0.370 e. The van der Waals surface area contributed by atoms with Crippen LogP contribution in [0.5, 0.6) is 0 Å². The topological polar surface area (TPSA) is 126 Å². The Kier molecular flexibility index (Phi) is 5.65. The molecular formula is C18H21N7O2S. The lowest BCUT2D eigenvalue weighted by molar-refractivity contribution is -0.118. The summed E-state index contributed by atoms with van der Waals surface area (Å²) < 4.78 is 7.37. The third kappa shape index (κ3) is 4.56. The highest BCUT2D eigenvalue weighted by molar-refractivity contribution is 7.99. The molecule has 0 aliphatic heterocycles. The van der Waals surface area contributed by atoms with Gasteiger partial charge in [-0.1, -0.05) is 16.9 Å². The molecule has 10 heteroatoms. The van der Waals surface area contributed by atoms with Crippen LogP contribution < -0.4 is 5.73 Å². The molecule has 0 radical (unpaired) electrons. The van der Waals surface area contributed by atoms with Crippen molar-refractivity contribution >= 4 is 17.7 Å². The predicted molar refractivity (Wildman–Crippen MR) is 102 cm³/mol. The lowest BCUT2D eigenvalue weighted by Gasteiger charge is -2.08. The molecule has 1 aliphatic carbocycles. The van der Waals surface area contributed by atoms with E-state index in [0.717, 1.165) is 41.6 Å². The number of amides is 1. The van der Waals surface area contributed by atoms with Crippen molar-refractivity contribution in [3.63, 3.8) is 0 Å². The number of pyridine rings is 1. The summed E-state index contributed by atoms with van der Waals surface area (Å²) in [6.07, 6.45) is 7.52. The van der Waals surface area contributed by atoms with E-state index in [9.17, 15) is 4.79 Å². The fraction of sp³-hybridized carbons (Fsp3) is 0.444. The SMILES string of the molecule is NC(=O)CCn1c(SCCCc2nc(-c3ccncc3)no2)nnc1C1CC1. The van der Waals surface area contributed by atoms with E-state index >= 15 is 0 Å². The molecule has 1 saturated carbocycles. The zero-order valence-corrected chi connectivity index (χ0v) is 16.1. The van der Waals surface area contributed by atoms with Crippen LogP contribution in [0.3, 0.4) is 0 Å². The number of hydrogen-bond donors (Lipinski definition) is 1. The molecule has 0 saturated heterocycles. The van der Waals surface area contributed by atoms with Gasteiger partial charge in [-0.3, -0.25) is 9.78 Å². The number of nitrogens with zero attached hydrogens (tertiary/aromatic N) is 6. The van der Waals surface area contributed by atoms with Crippen molar-refractivity contribution in [2.75, 3.05) is 5.75 Å². The van der Waals surface area contributed by atoms with Crippen LogP contribution in [0.2, 0.25) is 0 Å². The van der Waals surface area contributed by atoms with Crippen LogP contribution in [0.1, 0.15) is 43.3 Å². The highest BCUT2D eigenvalue weighted by Crippen LogP contribution is 2.40. The summed E-state index contributed by atoms with van der Waals surface area (Å²) in [6, 6.07) is 3.70. The van der Waals surface area contributed by atoms with Gasteiger partial charge in [0.15, 0.2) is 5.16 Å². The zero-order chi connectivity index (χ0) is 19.3.